The van der Waals surface area contributed by atoms with E-state index >= 15 is 0 Å². The molecule has 1 aliphatic carbocycles. The van der Waals surface area contributed by atoms with Crippen LogP contribution in [0.4, 0.5) is 0 Å². The van der Waals surface area contributed by atoms with Crippen molar-refractivity contribution in [3.8, 4) is 0 Å². The molecule has 0 bridgehead atoms. The summed E-state index contributed by atoms with van der Waals surface area (Å²) in [7, 11) is 0. The molecule has 2 aromatic rings. The number of nitrogens with zero attached hydrogens (tertiary/aromatic N) is 1. The Labute approximate surface area is 199 Å². The van der Waals surface area contributed by atoms with Gasteiger partial charge < -0.3 is 16.0 Å². The van der Waals surface area contributed by atoms with E-state index in [1.54, 1.807) is 0 Å². The van der Waals surface area contributed by atoms with Gasteiger partial charge in [-0.05, 0) is 68.8 Å². The minimum Gasteiger partial charge on any atom is -0.369 e. The standard InChI is InChI=1S/C29H41N3O/c30-28(33)29(24-13-7-5-8-14-24,25-15-9-6-10-16-25)26-19-22-32(23-26)21-12-4-2-1-3-11-20-31-27-17-18-27/h5-10,13-16,26-27,31H,1-4,11-12,17-23H2,(H2,30,33). The van der Waals surface area contributed by atoms with E-state index < -0.39 is 5.41 Å². The highest BCUT2D eigenvalue weighted by Crippen LogP contribution is 2.43. The number of hydrogen-bond acceptors (Lipinski definition) is 3. The molecule has 1 unspecified atom stereocenters. The number of amides is 1. The van der Waals surface area contributed by atoms with E-state index in [0.29, 0.717) is 0 Å². The SMILES string of the molecule is NC(=O)C(c1ccccc1)(c1ccccc1)C1CCN(CCCCCCCCNC2CC2)C1. The molecule has 0 aromatic heterocycles. The zero-order valence-electron chi connectivity index (χ0n) is 20.1. The fourth-order valence-corrected chi connectivity index (χ4v) is 5.68. The average molecular weight is 448 g/mol. The highest BCUT2D eigenvalue weighted by molar-refractivity contribution is 5.91. The van der Waals surface area contributed by atoms with Crippen LogP contribution in [0.25, 0.3) is 0 Å². The highest BCUT2D eigenvalue weighted by atomic mass is 16.1. The Balaban J connectivity index is 1.30. The van der Waals surface area contributed by atoms with Gasteiger partial charge in [-0.2, -0.15) is 0 Å². The number of likely N-dealkylation sites (tertiary alicyclic amines) is 1. The first-order valence-corrected chi connectivity index (χ1v) is 13.1. The Morgan fingerprint density at radius 2 is 1.42 bits per heavy atom. The number of hydrogen-bond donors (Lipinski definition) is 2. The van der Waals surface area contributed by atoms with Crippen molar-refractivity contribution in [3.05, 3.63) is 71.8 Å². The highest BCUT2D eigenvalue weighted by Gasteiger charge is 2.49. The van der Waals surface area contributed by atoms with Crippen LogP contribution >= 0.6 is 0 Å². The molecular weight excluding hydrogens is 406 g/mol. The maximum Gasteiger partial charge on any atom is 0.232 e. The van der Waals surface area contributed by atoms with Crippen LogP contribution in [0.3, 0.4) is 0 Å². The maximum absolute atomic E-state index is 13.2. The average Bonchev–Trinajstić information content (AvgIpc) is 3.55. The number of nitrogens with one attached hydrogen (secondary N) is 1. The van der Waals surface area contributed by atoms with Crippen LogP contribution in [-0.4, -0.2) is 43.0 Å². The molecule has 0 spiro atoms. The van der Waals surface area contributed by atoms with Gasteiger partial charge >= 0.3 is 0 Å². The van der Waals surface area contributed by atoms with Crippen molar-refractivity contribution in [2.45, 2.75) is 69.2 Å². The summed E-state index contributed by atoms with van der Waals surface area (Å²) in [5, 5.41) is 3.60. The third-order valence-corrected chi connectivity index (χ3v) is 7.64. The molecule has 4 rings (SSSR count). The van der Waals surface area contributed by atoms with E-state index in [9.17, 15) is 4.79 Å². The van der Waals surface area contributed by atoms with E-state index in [4.69, 9.17) is 5.73 Å². The number of rotatable bonds is 14. The lowest BCUT2D eigenvalue weighted by Crippen LogP contribution is -2.49. The second kappa shape index (κ2) is 11.8. The minimum absolute atomic E-state index is 0.193. The zero-order chi connectivity index (χ0) is 22.9. The largest absolute Gasteiger partial charge is 0.369 e. The predicted octanol–water partition coefficient (Wildman–Crippen LogP) is 4.87. The molecule has 1 aliphatic heterocycles. The second-order valence-corrected chi connectivity index (χ2v) is 10.0. The molecule has 178 valence electrons. The van der Waals surface area contributed by atoms with E-state index in [1.165, 1.54) is 57.9 Å². The van der Waals surface area contributed by atoms with Crippen LogP contribution in [-0.2, 0) is 10.2 Å². The minimum atomic E-state index is -0.772. The lowest BCUT2D eigenvalue weighted by atomic mass is 9.64. The van der Waals surface area contributed by atoms with Gasteiger partial charge in [0.15, 0.2) is 0 Å². The quantitative estimate of drug-likeness (QED) is 0.406. The van der Waals surface area contributed by atoms with Gasteiger partial charge in [0.05, 0.1) is 0 Å². The molecule has 1 saturated heterocycles. The van der Waals surface area contributed by atoms with Crippen molar-refractivity contribution in [1.29, 1.82) is 0 Å². The van der Waals surface area contributed by atoms with Crippen molar-refractivity contribution >= 4 is 5.91 Å². The van der Waals surface area contributed by atoms with Crippen LogP contribution in [0.15, 0.2) is 60.7 Å². The maximum atomic E-state index is 13.2. The first kappa shape index (κ1) is 24.0. The smallest absolute Gasteiger partial charge is 0.232 e. The fourth-order valence-electron chi connectivity index (χ4n) is 5.68. The molecule has 2 aromatic carbocycles. The van der Waals surface area contributed by atoms with E-state index in [-0.39, 0.29) is 11.8 Å². The van der Waals surface area contributed by atoms with Crippen LogP contribution < -0.4 is 11.1 Å². The summed E-state index contributed by atoms with van der Waals surface area (Å²) in [6.45, 7) is 4.30. The lowest BCUT2D eigenvalue weighted by Gasteiger charge is -2.37. The molecule has 4 nitrogen and oxygen atoms in total. The summed E-state index contributed by atoms with van der Waals surface area (Å²) in [5.74, 6) is -0.0401. The first-order valence-electron chi connectivity index (χ1n) is 13.1. The van der Waals surface area contributed by atoms with E-state index in [0.717, 1.165) is 43.2 Å². The van der Waals surface area contributed by atoms with Crippen molar-refractivity contribution in [2.75, 3.05) is 26.2 Å². The monoisotopic (exact) mass is 447 g/mol. The predicted molar refractivity (Wildman–Crippen MR) is 136 cm³/mol. The Bertz CT molecular complexity index is 810. The third kappa shape index (κ3) is 6.04. The molecule has 1 heterocycles. The molecule has 1 atom stereocenters. The molecule has 4 heteroatoms. The number of benzene rings is 2. The second-order valence-electron chi connectivity index (χ2n) is 10.0. The summed E-state index contributed by atoms with van der Waals surface area (Å²) in [5.41, 5.74) is 7.48. The summed E-state index contributed by atoms with van der Waals surface area (Å²) in [4.78, 5) is 15.7. The van der Waals surface area contributed by atoms with Crippen LogP contribution in [0.2, 0.25) is 0 Å². The van der Waals surface area contributed by atoms with Gasteiger partial charge in [-0.25, -0.2) is 0 Å². The molecule has 2 aliphatic rings. The number of unbranched alkanes of at least 4 members (excludes halogenated alkanes) is 5. The molecule has 33 heavy (non-hydrogen) atoms. The van der Waals surface area contributed by atoms with Gasteiger partial charge in [0.25, 0.3) is 0 Å². The zero-order valence-corrected chi connectivity index (χ0v) is 20.1. The Morgan fingerprint density at radius 3 is 2.00 bits per heavy atom. The van der Waals surface area contributed by atoms with Crippen LogP contribution in [0.1, 0.15) is 68.9 Å². The van der Waals surface area contributed by atoms with Crippen LogP contribution in [0, 0.1) is 5.92 Å². The molecule has 3 N–H and O–H groups in total. The van der Waals surface area contributed by atoms with Gasteiger partial charge in [-0.15, -0.1) is 0 Å². The van der Waals surface area contributed by atoms with Crippen molar-refractivity contribution in [3.63, 3.8) is 0 Å². The molecular formula is C29H41N3O. The third-order valence-electron chi connectivity index (χ3n) is 7.64. The molecule has 1 saturated carbocycles. The molecule has 1 amide bonds. The van der Waals surface area contributed by atoms with Crippen molar-refractivity contribution in [2.24, 2.45) is 11.7 Å². The van der Waals surface area contributed by atoms with E-state index in [1.807, 2.05) is 36.4 Å². The Hall–Kier alpha value is -2.17. The van der Waals surface area contributed by atoms with Crippen molar-refractivity contribution < 1.29 is 4.79 Å². The number of primary amides is 1. The Kier molecular flexibility index (Phi) is 8.57. The summed E-state index contributed by atoms with van der Waals surface area (Å²) in [6, 6.07) is 21.2. The van der Waals surface area contributed by atoms with Crippen LogP contribution in [0.5, 0.6) is 0 Å². The Morgan fingerprint density at radius 1 is 0.848 bits per heavy atom. The first-order chi connectivity index (χ1) is 16.2. The lowest BCUT2D eigenvalue weighted by molar-refractivity contribution is -0.123. The molecule has 0 radical (unpaired) electrons. The fraction of sp³-hybridized carbons (Fsp3) is 0.552. The normalized spacial score (nSPS) is 19.1. The molecule has 2 fully saturated rings. The summed E-state index contributed by atoms with van der Waals surface area (Å²) in [6.07, 6.45) is 11.7. The van der Waals surface area contributed by atoms with Gasteiger partial charge in [0.2, 0.25) is 5.91 Å². The van der Waals surface area contributed by atoms with Crippen molar-refractivity contribution in [1.82, 2.24) is 10.2 Å². The van der Waals surface area contributed by atoms with E-state index in [2.05, 4.69) is 34.5 Å². The van der Waals surface area contributed by atoms with Gasteiger partial charge in [0, 0.05) is 12.6 Å². The summed E-state index contributed by atoms with van der Waals surface area (Å²) < 4.78 is 0. The number of carbonyl (C=O) groups excluding carboxylic acids is 1. The summed E-state index contributed by atoms with van der Waals surface area (Å²) >= 11 is 0. The number of nitrogens with two attached hydrogens (primary N) is 1. The van der Waals surface area contributed by atoms with Gasteiger partial charge in [-0.1, -0.05) is 86.3 Å². The van der Waals surface area contributed by atoms with Gasteiger partial charge in [-0.3, -0.25) is 4.79 Å². The number of carbonyl (C=O) groups is 1. The van der Waals surface area contributed by atoms with Gasteiger partial charge in [0.1, 0.15) is 5.41 Å². The topological polar surface area (TPSA) is 58.4 Å².